The summed E-state index contributed by atoms with van der Waals surface area (Å²) in [5.74, 6) is 0.134. The number of ether oxygens (including phenoxy) is 1. The Morgan fingerprint density at radius 3 is 2.43 bits per heavy atom. The van der Waals surface area contributed by atoms with Gasteiger partial charge in [0.25, 0.3) is 0 Å². The van der Waals surface area contributed by atoms with Crippen LogP contribution in [-0.4, -0.2) is 42.1 Å². The van der Waals surface area contributed by atoms with Crippen molar-refractivity contribution in [3.8, 4) is 0 Å². The van der Waals surface area contributed by atoms with Gasteiger partial charge >= 0.3 is 0 Å². The van der Waals surface area contributed by atoms with Gasteiger partial charge in [0.15, 0.2) is 0 Å². The van der Waals surface area contributed by atoms with Gasteiger partial charge in [0.1, 0.15) is 6.04 Å². The molecule has 4 heteroatoms. The minimum absolute atomic E-state index is 0.103. The van der Waals surface area contributed by atoms with Crippen LogP contribution in [0.4, 0.5) is 5.69 Å². The van der Waals surface area contributed by atoms with E-state index >= 15 is 0 Å². The number of amides is 1. The fraction of sp³-hybridized carbons (Fsp3) is 0.588. The van der Waals surface area contributed by atoms with Crippen molar-refractivity contribution in [1.29, 1.82) is 0 Å². The Bertz CT molecular complexity index is 506. The molecule has 0 radical (unpaired) electrons. The van der Waals surface area contributed by atoms with Gasteiger partial charge in [0, 0.05) is 18.8 Å². The molecule has 4 nitrogen and oxygen atoms in total. The van der Waals surface area contributed by atoms with Crippen LogP contribution < -0.4 is 5.32 Å². The zero-order valence-corrected chi connectivity index (χ0v) is 13.6. The van der Waals surface area contributed by atoms with Gasteiger partial charge in [0.2, 0.25) is 5.91 Å². The van der Waals surface area contributed by atoms with E-state index in [-0.39, 0.29) is 24.2 Å². The van der Waals surface area contributed by atoms with Gasteiger partial charge in [-0.05, 0) is 57.9 Å². The molecule has 0 saturated carbocycles. The normalized spacial score (nSPS) is 23.8. The average Bonchev–Trinajstić information content (AvgIpc) is 2.41. The van der Waals surface area contributed by atoms with E-state index in [1.807, 2.05) is 31.7 Å². The van der Waals surface area contributed by atoms with Crippen LogP contribution in [-0.2, 0) is 9.53 Å². The Balaban J connectivity index is 2.00. The zero-order valence-electron chi connectivity index (χ0n) is 13.6. The highest BCUT2D eigenvalue weighted by atomic mass is 16.5. The Morgan fingerprint density at radius 1 is 1.24 bits per heavy atom. The molecule has 1 fully saturated rings. The Morgan fingerprint density at radius 2 is 1.86 bits per heavy atom. The molecule has 1 N–H and O–H groups in total. The number of aryl methyl sites for hydroxylation is 2. The lowest BCUT2D eigenvalue weighted by atomic mass is 10.1. The van der Waals surface area contributed by atoms with Gasteiger partial charge in [0.05, 0.1) is 12.2 Å². The number of benzene rings is 1. The summed E-state index contributed by atoms with van der Waals surface area (Å²) in [6, 6.07) is 5.96. The highest BCUT2D eigenvalue weighted by molar-refractivity contribution is 5.84. The van der Waals surface area contributed by atoms with Crippen LogP contribution in [0.2, 0.25) is 0 Å². The van der Waals surface area contributed by atoms with Crippen LogP contribution >= 0.6 is 0 Å². The molecular formula is C17H26N2O2. The van der Waals surface area contributed by atoms with Crippen molar-refractivity contribution in [2.45, 2.75) is 52.9 Å². The minimum Gasteiger partial charge on any atom is -0.374 e. The number of rotatable bonds is 3. The van der Waals surface area contributed by atoms with Crippen molar-refractivity contribution in [1.82, 2.24) is 4.90 Å². The molecule has 116 valence electrons. The third kappa shape index (κ3) is 3.97. The van der Waals surface area contributed by atoms with Crippen LogP contribution in [0.5, 0.6) is 0 Å². The molecule has 0 aliphatic carbocycles. The summed E-state index contributed by atoms with van der Waals surface area (Å²) in [6.45, 7) is 11.4. The van der Waals surface area contributed by atoms with Crippen molar-refractivity contribution in [2.24, 2.45) is 0 Å². The number of carbonyl (C=O) groups is 1. The van der Waals surface area contributed by atoms with Gasteiger partial charge in [-0.25, -0.2) is 0 Å². The maximum atomic E-state index is 12.6. The maximum absolute atomic E-state index is 12.6. The van der Waals surface area contributed by atoms with E-state index in [0.717, 1.165) is 5.69 Å². The summed E-state index contributed by atoms with van der Waals surface area (Å²) in [4.78, 5) is 14.5. The number of carbonyl (C=O) groups excluding carboxylic acids is 1. The van der Waals surface area contributed by atoms with Gasteiger partial charge < -0.3 is 15.0 Å². The quantitative estimate of drug-likeness (QED) is 0.930. The fourth-order valence-corrected chi connectivity index (χ4v) is 2.77. The lowest BCUT2D eigenvalue weighted by Crippen LogP contribution is -2.52. The molecule has 1 amide bonds. The molecule has 1 aromatic rings. The molecule has 1 aliphatic heterocycles. The Labute approximate surface area is 127 Å². The maximum Gasteiger partial charge on any atom is 0.244 e. The number of morpholine rings is 1. The standard InChI is InChI=1S/C17H26N2O2/c1-11-6-7-16(8-12(11)2)18-15(5)17(20)19-9-13(3)21-14(4)10-19/h6-8,13-15,18H,9-10H2,1-5H3/t13-,14+,15-/m0/s1. The van der Waals surface area contributed by atoms with Crippen LogP contribution in [0.15, 0.2) is 18.2 Å². The van der Waals surface area contributed by atoms with E-state index in [1.54, 1.807) is 0 Å². The molecule has 0 aromatic heterocycles. The van der Waals surface area contributed by atoms with E-state index in [0.29, 0.717) is 13.1 Å². The number of nitrogens with zero attached hydrogens (tertiary/aromatic N) is 1. The molecule has 0 unspecified atom stereocenters. The van der Waals surface area contributed by atoms with Gasteiger partial charge in [-0.3, -0.25) is 4.79 Å². The van der Waals surface area contributed by atoms with Crippen molar-refractivity contribution in [3.05, 3.63) is 29.3 Å². The zero-order chi connectivity index (χ0) is 15.6. The predicted molar refractivity (Wildman–Crippen MR) is 85.6 cm³/mol. The number of hydrogen-bond donors (Lipinski definition) is 1. The van der Waals surface area contributed by atoms with Gasteiger partial charge in [-0.2, -0.15) is 0 Å². The SMILES string of the molecule is Cc1ccc(N[C@@H](C)C(=O)N2C[C@@H](C)O[C@@H](C)C2)cc1C. The molecule has 1 aromatic carbocycles. The summed E-state index contributed by atoms with van der Waals surface area (Å²) in [6.07, 6.45) is 0.207. The fourth-order valence-electron chi connectivity index (χ4n) is 2.77. The first-order chi connectivity index (χ1) is 9.86. The molecule has 21 heavy (non-hydrogen) atoms. The van der Waals surface area contributed by atoms with Crippen LogP contribution in [0.3, 0.4) is 0 Å². The Kier molecular flexibility index (Phi) is 4.88. The second-order valence-electron chi connectivity index (χ2n) is 6.17. The van der Waals surface area contributed by atoms with Crippen molar-refractivity contribution < 1.29 is 9.53 Å². The highest BCUT2D eigenvalue weighted by Crippen LogP contribution is 2.17. The summed E-state index contributed by atoms with van der Waals surface area (Å²) in [7, 11) is 0. The lowest BCUT2D eigenvalue weighted by Gasteiger charge is -2.36. The number of nitrogens with one attached hydrogen (secondary N) is 1. The molecule has 2 rings (SSSR count). The first-order valence-electron chi connectivity index (χ1n) is 7.65. The smallest absolute Gasteiger partial charge is 0.244 e. The topological polar surface area (TPSA) is 41.6 Å². The molecule has 0 bridgehead atoms. The monoisotopic (exact) mass is 290 g/mol. The van der Waals surface area contributed by atoms with E-state index in [1.165, 1.54) is 11.1 Å². The summed E-state index contributed by atoms with van der Waals surface area (Å²) < 4.78 is 5.68. The minimum atomic E-state index is -0.232. The van der Waals surface area contributed by atoms with Crippen molar-refractivity contribution in [3.63, 3.8) is 0 Å². The predicted octanol–water partition coefficient (Wildman–Crippen LogP) is 2.74. The number of hydrogen-bond acceptors (Lipinski definition) is 3. The van der Waals surface area contributed by atoms with Crippen LogP contribution in [0.25, 0.3) is 0 Å². The number of anilines is 1. The van der Waals surface area contributed by atoms with Crippen molar-refractivity contribution in [2.75, 3.05) is 18.4 Å². The third-order valence-electron chi connectivity index (χ3n) is 3.99. The van der Waals surface area contributed by atoms with E-state index in [2.05, 4.69) is 31.3 Å². The first kappa shape index (κ1) is 15.8. The van der Waals surface area contributed by atoms with Crippen LogP contribution in [0.1, 0.15) is 31.9 Å². The van der Waals surface area contributed by atoms with Gasteiger partial charge in [-0.1, -0.05) is 6.07 Å². The van der Waals surface area contributed by atoms with Crippen molar-refractivity contribution >= 4 is 11.6 Å². The average molecular weight is 290 g/mol. The first-order valence-corrected chi connectivity index (χ1v) is 7.65. The van der Waals surface area contributed by atoms with E-state index in [9.17, 15) is 4.79 Å². The summed E-state index contributed by atoms with van der Waals surface area (Å²) in [5.41, 5.74) is 3.48. The third-order valence-corrected chi connectivity index (χ3v) is 3.99. The summed E-state index contributed by atoms with van der Waals surface area (Å²) >= 11 is 0. The van der Waals surface area contributed by atoms with Crippen LogP contribution in [0, 0.1) is 13.8 Å². The second-order valence-corrected chi connectivity index (χ2v) is 6.17. The largest absolute Gasteiger partial charge is 0.374 e. The molecular weight excluding hydrogens is 264 g/mol. The molecule has 1 saturated heterocycles. The lowest BCUT2D eigenvalue weighted by molar-refractivity contribution is -0.143. The Hall–Kier alpha value is -1.55. The molecule has 3 atom stereocenters. The van der Waals surface area contributed by atoms with Gasteiger partial charge in [-0.15, -0.1) is 0 Å². The van der Waals surface area contributed by atoms with E-state index in [4.69, 9.17) is 4.74 Å². The summed E-state index contributed by atoms with van der Waals surface area (Å²) in [5, 5.41) is 3.30. The molecule has 0 spiro atoms. The molecule has 1 heterocycles. The van der Waals surface area contributed by atoms with E-state index < -0.39 is 0 Å². The highest BCUT2D eigenvalue weighted by Gasteiger charge is 2.28. The molecule has 1 aliphatic rings. The second kappa shape index (κ2) is 6.48.